The molecule has 0 amide bonds. The highest BCUT2D eigenvalue weighted by Crippen LogP contribution is 2.37. The summed E-state index contributed by atoms with van der Waals surface area (Å²) in [4.78, 5) is 12.3. The second-order valence-corrected chi connectivity index (χ2v) is 8.50. The highest BCUT2D eigenvalue weighted by atomic mass is 32.2. The molecule has 1 saturated carbocycles. The lowest BCUT2D eigenvalue weighted by molar-refractivity contribution is -0.123. The summed E-state index contributed by atoms with van der Waals surface area (Å²) in [6, 6.07) is 6.93. The van der Waals surface area contributed by atoms with Crippen molar-refractivity contribution in [2.24, 2.45) is 5.41 Å². The van der Waals surface area contributed by atoms with Crippen LogP contribution in [0.1, 0.15) is 52.5 Å². The monoisotopic (exact) mass is 361 g/mol. The molecule has 0 unspecified atom stereocenters. The topological polar surface area (TPSA) is 47.8 Å². The Labute approximate surface area is 152 Å². The van der Waals surface area contributed by atoms with Crippen molar-refractivity contribution in [1.29, 1.82) is 0 Å². The number of carbonyl (C=O) groups excluding carboxylic acids is 1. The number of thioether (sulfide) groups is 1. The SMILES string of the molecule is CC(C)(C)C(=O)CSc1nnc(-c2ccccc2F)n1C1CCCC1. The van der Waals surface area contributed by atoms with Gasteiger partial charge in [0.1, 0.15) is 11.6 Å². The zero-order chi connectivity index (χ0) is 18.0. The van der Waals surface area contributed by atoms with E-state index in [1.165, 1.54) is 17.8 Å². The van der Waals surface area contributed by atoms with E-state index >= 15 is 0 Å². The quantitative estimate of drug-likeness (QED) is 0.710. The molecule has 6 heteroatoms. The Morgan fingerprint density at radius 1 is 1.24 bits per heavy atom. The minimum atomic E-state index is -0.375. The summed E-state index contributed by atoms with van der Waals surface area (Å²) in [5.74, 6) is 0.795. The number of hydrogen-bond acceptors (Lipinski definition) is 4. The minimum absolute atomic E-state index is 0.172. The first-order chi connectivity index (χ1) is 11.9. The molecule has 134 valence electrons. The molecule has 1 heterocycles. The molecular weight excluding hydrogens is 337 g/mol. The maximum Gasteiger partial charge on any atom is 0.192 e. The van der Waals surface area contributed by atoms with Gasteiger partial charge in [-0.2, -0.15) is 0 Å². The number of rotatable bonds is 5. The molecule has 1 aliphatic rings. The molecule has 3 rings (SSSR count). The van der Waals surface area contributed by atoms with Crippen LogP contribution in [0, 0.1) is 11.2 Å². The first-order valence-electron chi connectivity index (χ1n) is 8.74. The Morgan fingerprint density at radius 3 is 2.56 bits per heavy atom. The predicted molar refractivity (Wildman–Crippen MR) is 98.1 cm³/mol. The first-order valence-corrected chi connectivity index (χ1v) is 9.72. The van der Waals surface area contributed by atoms with Crippen molar-refractivity contribution in [1.82, 2.24) is 14.8 Å². The van der Waals surface area contributed by atoms with Crippen LogP contribution in [0.2, 0.25) is 0 Å². The molecule has 1 aromatic carbocycles. The van der Waals surface area contributed by atoms with E-state index in [0.29, 0.717) is 22.3 Å². The van der Waals surface area contributed by atoms with Crippen molar-refractivity contribution in [3.05, 3.63) is 30.1 Å². The average Bonchev–Trinajstić information content (AvgIpc) is 3.21. The number of Topliss-reactive ketones (excluding diaryl/α,β-unsaturated/α-hetero) is 1. The van der Waals surface area contributed by atoms with Crippen LogP contribution < -0.4 is 0 Å². The molecule has 0 radical (unpaired) electrons. The number of ketones is 1. The van der Waals surface area contributed by atoms with Crippen LogP contribution in [0.25, 0.3) is 11.4 Å². The predicted octanol–water partition coefficient (Wildman–Crippen LogP) is 4.91. The van der Waals surface area contributed by atoms with Crippen molar-refractivity contribution < 1.29 is 9.18 Å². The van der Waals surface area contributed by atoms with Crippen molar-refractivity contribution in [2.45, 2.75) is 57.7 Å². The lowest BCUT2D eigenvalue weighted by Crippen LogP contribution is -2.22. The summed E-state index contributed by atoms with van der Waals surface area (Å²) >= 11 is 1.41. The molecule has 0 atom stereocenters. The van der Waals surface area contributed by atoms with Crippen LogP contribution in [0.4, 0.5) is 4.39 Å². The van der Waals surface area contributed by atoms with E-state index in [9.17, 15) is 9.18 Å². The summed E-state index contributed by atoms with van der Waals surface area (Å²) in [6.07, 6.45) is 4.40. The van der Waals surface area contributed by atoms with Crippen LogP contribution in [0.15, 0.2) is 29.4 Å². The van der Waals surface area contributed by atoms with E-state index in [1.54, 1.807) is 12.1 Å². The van der Waals surface area contributed by atoms with Crippen LogP contribution in [-0.4, -0.2) is 26.3 Å². The Morgan fingerprint density at radius 2 is 1.92 bits per heavy atom. The summed E-state index contributed by atoms with van der Waals surface area (Å²) < 4.78 is 16.3. The Bertz CT molecular complexity index is 760. The van der Waals surface area contributed by atoms with Gasteiger partial charge in [-0.05, 0) is 25.0 Å². The highest BCUT2D eigenvalue weighted by molar-refractivity contribution is 7.99. The molecule has 25 heavy (non-hydrogen) atoms. The molecule has 0 bridgehead atoms. The number of aromatic nitrogens is 3. The third-order valence-electron chi connectivity index (χ3n) is 4.64. The van der Waals surface area contributed by atoms with E-state index < -0.39 is 0 Å². The van der Waals surface area contributed by atoms with Crippen LogP contribution in [0.3, 0.4) is 0 Å². The first kappa shape index (κ1) is 18.1. The Balaban J connectivity index is 1.94. The number of carbonyl (C=O) groups is 1. The number of hydrogen-bond donors (Lipinski definition) is 0. The van der Waals surface area contributed by atoms with Crippen LogP contribution >= 0.6 is 11.8 Å². The normalized spacial score (nSPS) is 15.7. The van der Waals surface area contributed by atoms with Gasteiger partial charge in [0.15, 0.2) is 11.0 Å². The zero-order valence-electron chi connectivity index (χ0n) is 15.0. The maximum absolute atomic E-state index is 14.3. The van der Waals surface area contributed by atoms with E-state index in [0.717, 1.165) is 25.7 Å². The standard InChI is InChI=1S/C19H24FN3OS/c1-19(2,3)16(24)12-25-18-22-21-17(14-10-6-7-11-15(14)20)23(18)13-8-4-5-9-13/h6-7,10-11,13H,4-5,8-9,12H2,1-3H3. The van der Waals surface area contributed by atoms with E-state index in [2.05, 4.69) is 10.2 Å². The van der Waals surface area contributed by atoms with E-state index in [1.807, 2.05) is 31.4 Å². The largest absolute Gasteiger partial charge is 0.299 e. The highest BCUT2D eigenvalue weighted by Gasteiger charge is 2.27. The van der Waals surface area contributed by atoms with Crippen LogP contribution in [-0.2, 0) is 4.79 Å². The lowest BCUT2D eigenvalue weighted by Gasteiger charge is -2.19. The third-order valence-corrected chi connectivity index (χ3v) is 5.58. The number of halogens is 1. The van der Waals surface area contributed by atoms with Crippen molar-refractivity contribution in [3.8, 4) is 11.4 Å². The Hall–Kier alpha value is -1.69. The van der Waals surface area contributed by atoms with E-state index in [4.69, 9.17) is 0 Å². The van der Waals surface area contributed by atoms with Crippen molar-refractivity contribution in [3.63, 3.8) is 0 Å². The molecule has 2 aromatic rings. The van der Waals surface area contributed by atoms with Gasteiger partial charge in [0.2, 0.25) is 0 Å². The molecule has 0 saturated heterocycles. The van der Waals surface area contributed by atoms with Gasteiger partial charge in [0.05, 0.1) is 11.3 Å². The van der Waals surface area contributed by atoms with Crippen molar-refractivity contribution >= 4 is 17.5 Å². The zero-order valence-corrected chi connectivity index (χ0v) is 15.8. The van der Waals surface area contributed by atoms with Gasteiger partial charge in [-0.1, -0.05) is 57.5 Å². The van der Waals surface area contributed by atoms with Gasteiger partial charge >= 0.3 is 0 Å². The van der Waals surface area contributed by atoms with Gasteiger partial charge in [-0.15, -0.1) is 10.2 Å². The maximum atomic E-state index is 14.3. The summed E-state index contributed by atoms with van der Waals surface area (Å²) in [5.41, 5.74) is 0.0930. The fraction of sp³-hybridized carbons (Fsp3) is 0.526. The fourth-order valence-electron chi connectivity index (χ4n) is 3.04. The number of nitrogens with zero attached hydrogens (tertiary/aromatic N) is 3. The Kier molecular flexibility index (Phi) is 5.27. The smallest absolute Gasteiger partial charge is 0.192 e. The van der Waals surface area contributed by atoms with Gasteiger partial charge in [-0.3, -0.25) is 9.36 Å². The van der Waals surface area contributed by atoms with Crippen LogP contribution in [0.5, 0.6) is 0 Å². The summed E-state index contributed by atoms with van der Waals surface area (Å²) in [6.45, 7) is 5.76. The molecule has 0 spiro atoms. The molecule has 0 aliphatic heterocycles. The lowest BCUT2D eigenvalue weighted by atomic mass is 9.92. The second-order valence-electron chi connectivity index (χ2n) is 7.56. The minimum Gasteiger partial charge on any atom is -0.299 e. The fourth-order valence-corrected chi connectivity index (χ4v) is 4.21. The van der Waals surface area contributed by atoms with E-state index in [-0.39, 0.29) is 23.1 Å². The third kappa shape index (κ3) is 3.94. The van der Waals surface area contributed by atoms with Gasteiger partial charge < -0.3 is 0 Å². The molecular formula is C19H24FN3OS. The molecule has 1 fully saturated rings. The summed E-state index contributed by atoms with van der Waals surface area (Å²) in [7, 11) is 0. The summed E-state index contributed by atoms with van der Waals surface area (Å²) in [5, 5.41) is 9.27. The molecule has 1 aromatic heterocycles. The van der Waals surface area contributed by atoms with Gasteiger partial charge in [0.25, 0.3) is 0 Å². The van der Waals surface area contributed by atoms with Crippen molar-refractivity contribution in [2.75, 3.05) is 5.75 Å². The van der Waals surface area contributed by atoms with Gasteiger partial charge in [-0.25, -0.2) is 4.39 Å². The average molecular weight is 361 g/mol. The molecule has 1 aliphatic carbocycles. The number of benzene rings is 1. The molecule has 0 N–H and O–H groups in total. The second kappa shape index (κ2) is 7.28. The molecule has 4 nitrogen and oxygen atoms in total. The van der Waals surface area contributed by atoms with Gasteiger partial charge in [0, 0.05) is 11.5 Å².